The number of amides is 1. The van der Waals surface area contributed by atoms with E-state index in [4.69, 9.17) is 0 Å². The van der Waals surface area contributed by atoms with Gasteiger partial charge in [-0.15, -0.1) is 11.3 Å². The second-order valence-corrected chi connectivity index (χ2v) is 6.52. The van der Waals surface area contributed by atoms with Gasteiger partial charge in [0, 0.05) is 11.1 Å². The maximum Gasteiger partial charge on any atom is 0.433 e. The predicted molar refractivity (Wildman–Crippen MR) is 82.9 cm³/mol. The molecule has 0 radical (unpaired) electrons. The Morgan fingerprint density at radius 3 is 2.67 bits per heavy atom. The topological polar surface area (TPSA) is 65.8 Å². The van der Waals surface area contributed by atoms with E-state index < -0.39 is 17.8 Å². The van der Waals surface area contributed by atoms with E-state index in [0.29, 0.717) is 10.6 Å². The van der Waals surface area contributed by atoms with Gasteiger partial charge in [0.25, 0.3) is 5.91 Å². The summed E-state index contributed by atoms with van der Waals surface area (Å²) in [6.45, 7) is 0. The summed E-state index contributed by atoms with van der Waals surface area (Å²) in [4.78, 5) is 16.6. The first-order chi connectivity index (χ1) is 11.4. The van der Waals surface area contributed by atoms with Crippen molar-refractivity contribution in [3.05, 3.63) is 45.6 Å². The van der Waals surface area contributed by atoms with Crippen LogP contribution in [0.2, 0.25) is 0 Å². The normalized spacial score (nSPS) is 13.9. The Morgan fingerprint density at radius 1 is 1.29 bits per heavy atom. The van der Waals surface area contributed by atoms with Crippen LogP contribution in [0.4, 0.5) is 18.2 Å². The number of thiophene rings is 1. The molecule has 0 unspecified atom stereocenters. The van der Waals surface area contributed by atoms with Crippen LogP contribution in [0.3, 0.4) is 0 Å². The number of rotatable bonds is 2. The van der Waals surface area contributed by atoms with Gasteiger partial charge in [0.15, 0.2) is 0 Å². The van der Waals surface area contributed by atoms with Gasteiger partial charge in [-0.1, -0.05) is 0 Å². The quantitative estimate of drug-likeness (QED) is 0.883. The smallest absolute Gasteiger partial charge is 0.312 e. The van der Waals surface area contributed by atoms with Crippen LogP contribution in [-0.2, 0) is 19.0 Å². The number of nitrogens with zero attached hydrogens (tertiary/aromatic N) is 2. The van der Waals surface area contributed by atoms with Crippen LogP contribution in [0, 0.1) is 11.3 Å². The van der Waals surface area contributed by atoms with Gasteiger partial charge in [-0.2, -0.15) is 18.4 Å². The average Bonchev–Trinajstić information content (AvgIpc) is 2.91. The standard InChI is InChI=1S/C16H12F3N3OS/c17-16(18,19)13-6-5-9(8-21-13)14(23)22-15-11(7-20)10-3-1-2-4-12(10)24-15/h5-6,8H,1-4H2,(H,22,23). The number of aromatic nitrogens is 1. The van der Waals surface area contributed by atoms with E-state index in [1.54, 1.807) is 0 Å². The molecule has 2 heterocycles. The number of pyridine rings is 1. The number of halogens is 3. The van der Waals surface area contributed by atoms with Crippen LogP contribution in [0.5, 0.6) is 0 Å². The van der Waals surface area contributed by atoms with E-state index in [-0.39, 0.29) is 5.56 Å². The van der Waals surface area contributed by atoms with Gasteiger partial charge < -0.3 is 5.32 Å². The van der Waals surface area contributed by atoms with Gasteiger partial charge in [-0.25, -0.2) is 0 Å². The number of fused-ring (bicyclic) bond motifs is 1. The van der Waals surface area contributed by atoms with Crippen LogP contribution < -0.4 is 5.32 Å². The van der Waals surface area contributed by atoms with Crippen LogP contribution in [0.1, 0.15) is 44.9 Å². The fourth-order valence-electron chi connectivity index (χ4n) is 2.64. The molecule has 8 heteroatoms. The fraction of sp³-hybridized carbons (Fsp3) is 0.312. The Bertz CT molecular complexity index is 819. The molecule has 0 saturated carbocycles. The molecule has 0 atom stereocenters. The molecule has 1 amide bonds. The van der Waals surface area contributed by atoms with Gasteiger partial charge in [0.1, 0.15) is 16.8 Å². The Hall–Kier alpha value is -2.40. The van der Waals surface area contributed by atoms with Crippen molar-refractivity contribution in [2.75, 3.05) is 5.32 Å². The third kappa shape index (κ3) is 3.12. The molecule has 0 spiro atoms. The Balaban J connectivity index is 1.83. The summed E-state index contributed by atoms with van der Waals surface area (Å²) >= 11 is 1.36. The molecule has 0 fully saturated rings. The third-order valence-electron chi connectivity index (χ3n) is 3.83. The van der Waals surface area contributed by atoms with Crippen molar-refractivity contribution in [3.8, 4) is 6.07 Å². The lowest BCUT2D eigenvalue weighted by atomic mass is 9.96. The Kier molecular flexibility index (Phi) is 4.28. The lowest BCUT2D eigenvalue weighted by Gasteiger charge is -2.09. The van der Waals surface area contributed by atoms with Crippen molar-refractivity contribution in [1.29, 1.82) is 5.26 Å². The number of hydrogen-bond donors (Lipinski definition) is 1. The summed E-state index contributed by atoms with van der Waals surface area (Å²) in [7, 11) is 0. The largest absolute Gasteiger partial charge is 0.433 e. The molecule has 0 saturated heterocycles. The highest BCUT2D eigenvalue weighted by Crippen LogP contribution is 2.37. The first-order valence-corrected chi connectivity index (χ1v) is 8.11. The molecular weight excluding hydrogens is 339 g/mol. The molecule has 1 N–H and O–H groups in total. The maximum absolute atomic E-state index is 12.5. The van der Waals surface area contributed by atoms with Crippen LogP contribution in [0.15, 0.2) is 18.3 Å². The van der Waals surface area contributed by atoms with Crippen molar-refractivity contribution >= 4 is 22.2 Å². The van der Waals surface area contributed by atoms with Gasteiger partial charge in [0.05, 0.1) is 11.1 Å². The van der Waals surface area contributed by atoms with E-state index in [2.05, 4.69) is 16.4 Å². The highest BCUT2D eigenvalue weighted by atomic mass is 32.1. The minimum absolute atomic E-state index is 0.0123. The molecular formula is C16H12F3N3OS. The van der Waals surface area contributed by atoms with Crippen molar-refractivity contribution in [2.45, 2.75) is 31.9 Å². The number of aryl methyl sites for hydroxylation is 1. The first kappa shape index (κ1) is 16.5. The van der Waals surface area contributed by atoms with E-state index in [1.165, 1.54) is 11.3 Å². The summed E-state index contributed by atoms with van der Waals surface area (Å²) < 4.78 is 37.5. The van der Waals surface area contributed by atoms with Crippen molar-refractivity contribution in [3.63, 3.8) is 0 Å². The molecule has 4 nitrogen and oxygen atoms in total. The number of carbonyl (C=O) groups excluding carboxylic acids is 1. The lowest BCUT2D eigenvalue weighted by molar-refractivity contribution is -0.141. The molecule has 124 valence electrons. The van der Waals surface area contributed by atoms with Crippen LogP contribution in [0.25, 0.3) is 0 Å². The predicted octanol–water partition coefficient (Wildman–Crippen LogP) is 4.16. The van der Waals surface area contributed by atoms with Gasteiger partial charge in [-0.05, 0) is 43.4 Å². The number of alkyl halides is 3. The molecule has 1 aliphatic rings. The summed E-state index contributed by atoms with van der Waals surface area (Å²) in [6, 6.07) is 3.96. The Labute approximate surface area is 139 Å². The number of carbonyl (C=O) groups is 1. The van der Waals surface area contributed by atoms with Crippen molar-refractivity contribution < 1.29 is 18.0 Å². The fourth-order valence-corrected chi connectivity index (χ4v) is 3.88. The SMILES string of the molecule is N#Cc1c(NC(=O)c2ccc(C(F)(F)F)nc2)sc2c1CCCC2. The second-order valence-electron chi connectivity index (χ2n) is 5.41. The number of nitriles is 1. The zero-order valence-electron chi connectivity index (χ0n) is 12.4. The summed E-state index contributed by atoms with van der Waals surface area (Å²) in [5.74, 6) is -0.577. The van der Waals surface area contributed by atoms with Gasteiger partial charge in [-0.3, -0.25) is 9.78 Å². The average molecular weight is 351 g/mol. The zero-order valence-corrected chi connectivity index (χ0v) is 13.2. The summed E-state index contributed by atoms with van der Waals surface area (Å²) in [5, 5.41) is 12.4. The van der Waals surface area contributed by atoms with E-state index in [1.807, 2.05) is 0 Å². The minimum atomic E-state index is -4.55. The molecule has 0 aliphatic heterocycles. The molecule has 1 aliphatic carbocycles. The van der Waals surface area contributed by atoms with Crippen LogP contribution >= 0.6 is 11.3 Å². The summed E-state index contributed by atoms with van der Waals surface area (Å²) in [5.41, 5.74) is 0.402. The third-order valence-corrected chi connectivity index (χ3v) is 5.03. The Morgan fingerprint density at radius 2 is 2.04 bits per heavy atom. The van der Waals surface area contributed by atoms with Crippen molar-refractivity contribution in [2.24, 2.45) is 0 Å². The van der Waals surface area contributed by atoms with Crippen molar-refractivity contribution in [1.82, 2.24) is 4.98 Å². The lowest BCUT2D eigenvalue weighted by Crippen LogP contribution is -2.14. The summed E-state index contributed by atoms with van der Waals surface area (Å²) in [6.07, 6.45) is 0.0928. The van der Waals surface area contributed by atoms with E-state index >= 15 is 0 Å². The highest BCUT2D eigenvalue weighted by Gasteiger charge is 2.32. The molecule has 0 aromatic carbocycles. The second kappa shape index (κ2) is 6.24. The molecule has 3 rings (SSSR count). The number of nitrogens with one attached hydrogen (secondary N) is 1. The molecule has 2 aromatic rings. The van der Waals surface area contributed by atoms with Crippen LogP contribution in [-0.4, -0.2) is 10.9 Å². The molecule has 24 heavy (non-hydrogen) atoms. The van der Waals surface area contributed by atoms with Gasteiger partial charge >= 0.3 is 6.18 Å². The number of anilines is 1. The maximum atomic E-state index is 12.5. The highest BCUT2D eigenvalue weighted by molar-refractivity contribution is 7.16. The monoisotopic (exact) mass is 351 g/mol. The van der Waals surface area contributed by atoms with E-state index in [9.17, 15) is 23.2 Å². The van der Waals surface area contributed by atoms with Gasteiger partial charge in [0.2, 0.25) is 0 Å². The molecule has 0 bridgehead atoms. The minimum Gasteiger partial charge on any atom is -0.312 e. The first-order valence-electron chi connectivity index (χ1n) is 7.29. The number of hydrogen-bond acceptors (Lipinski definition) is 4. The zero-order chi connectivity index (χ0) is 17.3. The van der Waals surface area contributed by atoms with E-state index in [0.717, 1.165) is 54.5 Å². The molecule has 2 aromatic heterocycles.